The number of nitrogens with one attached hydrogen (secondary N) is 2. The van der Waals surface area contributed by atoms with Crippen molar-refractivity contribution in [2.24, 2.45) is 4.99 Å². The van der Waals surface area contributed by atoms with E-state index in [-0.39, 0.29) is 17.9 Å². The summed E-state index contributed by atoms with van der Waals surface area (Å²) < 4.78 is 43.4. The maximum Gasteiger partial charge on any atom is 0.387 e. The average Bonchev–Trinajstić information content (AvgIpc) is 3.01. The van der Waals surface area contributed by atoms with Crippen LogP contribution in [0.25, 0.3) is 0 Å². The zero-order valence-corrected chi connectivity index (χ0v) is 15.2. The number of nitrogens with zero attached hydrogens (tertiary/aromatic N) is 1. The third-order valence-electron chi connectivity index (χ3n) is 4.09. The van der Waals surface area contributed by atoms with E-state index >= 15 is 0 Å². The van der Waals surface area contributed by atoms with Crippen molar-refractivity contribution in [3.8, 4) is 5.75 Å². The van der Waals surface area contributed by atoms with Gasteiger partial charge in [-0.05, 0) is 44.6 Å². The van der Waals surface area contributed by atoms with Crippen molar-refractivity contribution in [3.63, 3.8) is 0 Å². The van der Waals surface area contributed by atoms with Crippen LogP contribution in [0.3, 0.4) is 0 Å². The van der Waals surface area contributed by atoms with Gasteiger partial charge in [0.2, 0.25) is 0 Å². The molecule has 0 heterocycles. The molecule has 25 heavy (non-hydrogen) atoms. The van der Waals surface area contributed by atoms with Gasteiger partial charge in [-0.2, -0.15) is 20.5 Å². The van der Waals surface area contributed by atoms with Gasteiger partial charge in [-0.25, -0.2) is 9.38 Å². The predicted octanol–water partition coefficient (Wildman–Crippen LogP) is 3.77. The van der Waals surface area contributed by atoms with Gasteiger partial charge < -0.3 is 15.4 Å². The Labute approximate surface area is 150 Å². The number of hydrogen-bond donors (Lipinski definition) is 2. The van der Waals surface area contributed by atoms with Gasteiger partial charge in [0.1, 0.15) is 11.6 Å². The third-order valence-corrected chi connectivity index (χ3v) is 5.18. The van der Waals surface area contributed by atoms with Gasteiger partial charge in [-0.3, -0.25) is 0 Å². The van der Waals surface area contributed by atoms with E-state index in [1.54, 1.807) is 0 Å². The Morgan fingerprint density at radius 1 is 1.40 bits per heavy atom. The molecule has 0 amide bonds. The van der Waals surface area contributed by atoms with Gasteiger partial charge in [-0.1, -0.05) is 6.07 Å². The van der Waals surface area contributed by atoms with Crippen molar-refractivity contribution in [1.82, 2.24) is 10.6 Å². The second kappa shape index (κ2) is 9.79. The molecule has 0 spiro atoms. The summed E-state index contributed by atoms with van der Waals surface area (Å²) in [5.74, 6) is -0.237. The highest BCUT2D eigenvalue weighted by atomic mass is 32.2. The molecule has 1 saturated carbocycles. The van der Waals surface area contributed by atoms with E-state index in [0.29, 0.717) is 23.8 Å². The fraction of sp³-hybridized carbons (Fsp3) is 0.588. The summed E-state index contributed by atoms with van der Waals surface area (Å²) >= 11 is 1.86. The molecule has 1 aromatic rings. The first-order valence-electron chi connectivity index (χ1n) is 8.33. The molecule has 1 aromatic carbocycles. The summed E-state index contributed by atoms with van der Waals surface area (Å²) in [7, 11) is 0. The number of thioether (sulfide) groups is 1. The lowest BCUT2D eigenvalue weighted by molar-refractivity contribution is -0.0506. The van der Waals surface area contributed by atoms with Crippen LogP contribution in [0.5, 0.6) is 5.75 Å². The first-order chi connectivity index (χ1) is 12.0. The molecule has 2 unspecified atom stereocenters. The highest BCUT2D eigenvalue weighted by Crippen LogP contribution is 2.28. The first-order valence-corrected chi connectivity index (χ1v) is 9.62. The Bertz CT molecular complexity index is 586. The van der Waals surface area contributed by atoms with E-state index < -0.39 is 12.4 Å². The van der Waals surface area contributed by atoms with E-state index in [0.717, 1.165) is 19.3 Å². The van der Waals surface area contributed by atoms with Crippen molar-refractivity contribution < 1.29 is 17.9 Å². The largest absolute Gasteiger partial charge is 0.434 e. The van der Waals surface area contributed by atoms with Gasteiger partial charge >= 0.3 is 6.61 Å². The summed E-state index contributed by atoms with van der Waals surface area (Å²) in [6.45, 7) is -0.492. The summed E-state index contributed by atoms with van der Waals surface area (Å²) in [6, 6.07) is 4.18. The summed E-state index contributed by atoms with van der Waals surface area (Å²) in [5.41, 5.74) is 0.0217. The number of hydrogen-bond acceptors (Lipinski definition) is 3. The standard InChI is InChI=1S/C17H24F3N3OS/c1-3-21-17(23-11-7-8-12(9-11)25-2)22-10-13-14(18)5-4-6-15(13)24-16(19)20/h4-6,11-12,16H,3,7-10H2,1-2H3,(H2,21,22,23). The van der Waals surface area contributed by atoms with Crippen molar-refractivity contribution in [2.75, 3.05) is 12.8 Å². The first kappa shape index (κ1) is 19.8. The number of halogens is 3. The van der Waals surface area contributed by atoms with E-state index in [4.69, 9.17) is 0 Å². The lowest BCUT2D eigenvalue weighted by Crippen LogP contribution is -2.42. The van der Waals surface area contributed by atoms with Crippen molar-refractivity contribution in [2.45, 2.75) is 50.6 Å². The lowest BCUT2D eigenvalue weighted by Gasteiger charge is -2.17. The Balaban J connectivity index is 2.08. The van der Waals surface area contributed by atoms with Crippen LogP contribution in [-0.2, 0) is 6.54 Å². The van der Waals surface area contributed by atoms with Crippen molar-refractivity contribution in [1.29, 1.82) is 0 Å². The molecule has 0 bridgehead atoms. The van der Waals surface area contributed by atoms with Crippen LogP contribution in [0.2, 0.25) is 0 Å². The van der Waals surface area contributed by atoms with Crippen LogP contribution in [0.15, 0.2) is 23.2 Å². The molecule has 140 valence electrons. The highest BCUT2D eigenvalue weighted by Gasteiger charge is 2.24. The minimum Gasteiger partial charge on any atom is -0.434 e. The number of benzene rings is 1. The zero-order valence-electron chi connectivity index (χ0n) is 14.4. The minimum atomic E-state index is -3.00. The summed E-state index contributed by atoms with van der Waals surface area (Å²) in [5, 5.41) is 7.10. The van der Waals surface area contributed by atoms with E-state index in [1.807, 2.05) is 18.7 Å². The van der Waals surface area contributed by atoms with Gasteiger partial charge in [0.25, 0.3) is 0 Å². The Morgan fingerprint density at radius 3 is 2.84 bits per heavy atom. The van der Waals surface area contributed by atoms with Crippen LogP contribution in [-0.4, -0.2) is 36.7 Å². The second-order valence-electron chi connectivity index (χ2n) is 5.80. The fourth-order valence-corrected chi connectivity index (χ4v) is 3.65. The fourth-order valence-electron chi connectivity index (χ4n) is 2.86. The second-order valence-corrected chi connectivity index (χ2v) is 6.94. The smallest absolute Gasteiger partial charge is 0.387 e. The number of rotatable bonds is 7. The van der Waals surface area contributed by atoms with Crippen molar-refractivity contribution >= 4 is 17.7 Å². The molecule has 2 rings (SSSR count). The summed E-state index contributed by atoms with van der Waals surface area (Å²) in [4.78, 5) is 4.35. The van der Waals surface area contributed by atoms with Crippen LogP contribution < -0.4 is 15.4 Å². The number of alkyl halides is 2. The molecule has 0 aliphatic heterocycles. The van der Waals surface area contributed by atoms with Crippen LogP contribution in [0, 0.1) is 5.82 Å². The van der Waals surface area contributed by atoms with E-state index in [2.05, 4.69) is 26.6 Å². The van der Waals surface area contributed by atoms with Crippen LogP contribution in [0.1, 0.15) is 31.7 Å². The van der Waals surface area contributed by atoms with Crippen molar-refractivity contribution in [3.05, 3.63) is 29.6 Å². The molecule has 1 fully saturated rings. The molecule has 1 aliphatic rings. The molecule has 2 N–H and O–H groups in total. The monoisotopic (exact) mass is 375 g/mol. The molecule has 1 aliphatic carbocycles. The lowest BCUT2D eigenvalue weighted by atomic mass is 10.2. The van der Waals surface area contributed by atoms with E-state index in [9.17, 15) is 13.2 Å². The quantitative estimate of drug-likeness (QED) is 0.563. The minimum absolute atomic E-state index is 0.0217. The predicted molar refractivity (Wildman–Crippen MR) is 95.9 cm³/mol. The molecular formula is C17H24F3N3OS. The number of ether oxygens (including phenoxy) is 1. The topological polar surface area (TPSA) is 45.7 Å². The average molecular weight is 375 g/mol. The maximum atomic E-state index is 14.0. The van der Waals surface area contributed by atoms with Gasteiger partial charge in [0, 0.05) is 17.8 Å². The van der Waals surface area contributed by atoms with E-state index in [1.165, 1.54) is 18.2 Å². The van der Waals surface area contributed by atoms with Gasteiger partial charge in [-0.15, -0.1) is 0 Å². The SMILES string of the molecule is CCNC(=NCc1c(F)cccc1OC(F)F)NC1CCC(SC)C1. The maximum absolute atomic E-state index is 14.0. The molecule has 4 nitrogen and oxygen atoms in total. The van der Waals surface area contributed by atoms with Gasteiger partial charge in [0.05, 0.1) is 12.1 Å². The Morgan fingerprint density at radius 2 is 2.20 bits per heavy atom. The molecule has 0 saturated heterocycles. The number of guanidine groups is 1. The normalized spacial score (nSPS) is 20.8. The Hall–Kier alpha value is -1.57. The number of aliphatic imine (C=N–C) groups is 1. The molecule has 0 aromatic heterocycles. The summed E-state index contributed by atoms with van der Waals surface area (Å²) in [6.07, 6.45) is 5.35. The molecule has 0 radical (unpaired) electrons. The van der Waals surface area contributed by atoms with Gasteiger partial charge in [0.15, 0.2) is 5.96 Å². The molecular weight excluding hydrogens is 351 g/mol. The van der Waals surface area contributed by atoms with Crippen LogP contribution in [0.4, 0.5) is 13.2 Å². The Kier molecular flexibility index (Phi) is 7.74. The van der Waals surface area contributed by atoms with Crippen LogP contribution >= 0.6 is 11.8 Å². The highest BCUT2D eigenvalue weighted by molar-refractivity contribution is 7.99. The molecule has 8 heteroatoms. The zero-order chi connectivity index (χ0) is 18.2. The molecule has 2 atom stereocenters. The third kappa shape index (κ3) is 6.02.